The standard InChI is InChI=1S/C25H19N3O3S/c29-21-15-28(20-14-8-7-13-19(20)26-21)22(30)16-32-25-27-23(17-9-3-1-4-10-17)24(31-25)18-11-5-2-6-12-18/h1-14H,15-16H2,(H,26,29). The number of amides is 2. The molecule has 0 radical (unpaired) electrons. The third kappa shape index (κ3) is 4.02. The lowest BCUT2D eigenvalue weighted by molar-refractivity contribution is -0.120. The van der Waals surface area contributed by atoms with Gasteiger partial charge in [0.1, 0.15) is 12.2 Å². The summed E-state index contributed by atoms with van der Waals surface area (Å²) in [5.41, 5.74) is 3.92. The molecule has 0 atom stereocenters. The lowest BCUT2D eigenvalue weighted by atomic mass is 10.1. The van der Waals surface area contributed by atoms with Crippen molar-refractivity contribution in [2.24, 2.45) is 0 Å². The number of carbonyl (C=O) groups excluding carboxylic acids is 2. The number of hydrogen-bond acceptors (Lipinski definition) is 5. The van der Waals surface area contributed by atoms with Crippen molar-refractivity contribution in [1.82, 2.24) is 4.98 Å². The average Bonchev–Trinajstić information content (AvgIpc) is 3.27. The van der Waals surface area contributed by atoms with Gasteiger partial charge in [-0.3, -0.25) is 9.59 Å². The van der Waals surface area contributed by atoms with Gasteiger partial charge in [0, 0.05) is 11.1 Å². The molecule has 6 nitrogen and oxygen atoms in total. The number of benzene rings is 3. The predicted molar refractivity (Wildman–Crippen MR) is 126 cm³/mol. The van der Waals surface area contributed by atoms with Gasteiger partial charge in [0.2, 0.25) is 11.8 Å². The summed E-state index contributed by atoms with van der Waals surface area (Å²) in [6, 6.07) is 26.9. The van der Waals surface area contributed by atoms with Gasteiger partial charge in [-0.05, 0) is 12.1 Å². The molecule has 7 heteroatoms. The van der Waals surface area contributed by atoms with Crippen molar-refractivity contribution in [3.63, 3.8) is 0 Å². The van der Waals surface area contributed by atoms with E-state index in [1.54, 1.807) is 6.07 Å². The van der Waals surface area contributed by atoms with E-state index in [4.69, 9.17) is 4.42 Å². The SMILES string of the molecule is O=C1CN(C(=O)CSc2nc(-c3ccccc3)c(-c3ccccc3)o2)c2ccccc2N1. The molecule has 3 aromatic carbocycles. The molecule has 0 spiro atoms. The number of carbonyl (C=O) groups is 2. The van der Waals surface area contributed by atoms with Crippen LogP contribution in [0.3, 0.4) is 0 Å². The van der Waals surface area contributed by atoms with E-state index < -0.39 is 0 Å². The number of aromatic nitrogens is 1. The topological polar surface area (TPSA) is 75.4 Å². The maximum Gasteiger partial charge on any atom is 0.257 e. The van der Waals surface area contributed by atoms with E-state index in [2.05, 4.69) is 10.3 Å². The molecule has 0 bridgehead atoms. The number of anilines is 2. The maximum atomic E-state index is 13.0. The summed E-state index contributed by atoms with van der Waals surface area (Å²) in [6.07, 6.45) is 0. The van der Waals surface area contributed by atoms with Gasteiger partial charge in [0.05, 0.1) is 17.1 Å². The summed E-state index contributed by atoms with van der Waals surface area (Å²) in [6.45, 7) is -0.00742. The Morgan fingerprint density at radius 2 is 1.59 bits per heavy atom. The molecule has 5 rings (SSSR count). The third-order valence-electron chi connectivity index (χ3n) is 5.08. The smallest absolute Gasteiger partial charge is 0.257 e. The van der Waals surface area contributed by atoms with Gasteiger partial charge < -0.3 is 14.6 Å². The summed E-state index contributed by atoms with van der Waals surface area (Å²) in [5.74, 6) is 0.369. The van der Waals surface area contributed by atoms with Crippen LogP contribution in [0.25, 0.3) is 22.6 Å². The Morgan fingerprint density at radius 3 is 2.34 bits per heavy atom. The van der Waals surface area contributed by atoms with Crippen LogP contribution in [0, 0.1) is 0 Å². The molecule has 158 valence electrons. The van der Waals surface area contributed by atoms with Crippen LogP contribution in [0.15, 0.2) is 94.6 Å². The van der Waals surface area contributed by atoms with Gasteiger partial charge in [-0.2, -0.15) is 0 Å². The normalized spacial score (nSPS) is 12.9. The molecular weight excluding hydrogens is 422 g/mol. The minimum absolute atomic E-state index is 0.00742. The lowest BCUT2D eigenvalue weighted by Crippen LogP contribution is -2.43. The van der Waals surface area contributed by atoms with Crippen molar-refractivity contribution in [2.75, 3.05) is 22.5 Å². The molecule has 0 aliphatic carbocycles. The first-order valence-corrected chi connectivity index (χ1v) is 11.1. The first kappa shape index (κ1) is 20.1. The van der Waals surface area contributed by atoms with Crippen LogP contribution in [-0.2, 0) is 9.59 Å². The van der Waals surface area contributed by atoms with Gasteiger partial charge >= 0.3 is 0 Å². The van der Waals surface area contributed by atoms with Crippen LogP contribution in [0.5, 0.6) is 0 Å². The Hall–Kier alpha value is -3.84. The van der Waals surface area contributed by atoms with Crippen LogP contribution in [-0.4, -0.2) is 29.1 Å². The summed E-state index contributed by atoms with van der Waals surface area (Å²) in [5, 5.41) is 3.20. The van der Waals surface area contributed by atoms with Gasteiger partial charge in [-0.1, -0.05) is 84.6 Å². The van der Waals surface area contributed by atoms with Crippen LogP contribution in [0.1, 0.15) is 0 Å². The van der Waals surface area contributed by atoms with Crippen molar-refractivity contribution in [3.05, 3.63) is 84.9 Å². The molecule has 2 heterocycles. The fourth-order valence-corrected chi connectivity index (χ4v) is 4.30. The van der Waals surface area contributed by atoms with Crippen LogP contribution in [0.2, 0.25) is 0 Å². The van der Waals surface area contributed by atoms with Gasteiger partial charge in [0.15, 0.2) is 5.76 Å². The molecule has 2 amide bonds. The van der Waals surface area contributed by atoms with Crippen LogP contribution in [0.4, 0.5) is 11.4 Å². The molecule has 4 aromatic rings. The second-order valence-corrected chi connectivity index (χ2v) is 8.15. The van der Waals surface area contributed by atoms with E-state index in [1.165, 1.54) is 16.7 Å². The van der Waals surface area contributed by atoms with E-state index in [9.17, 15) is 9.59 Å². The number of nitrogens with zero attached hydrogens (tertiary/aromatic N) is 2. The molecule has 1 aliphatic heterocycles. The third-order valence-corrected chi connectivity index (χ3v) is 5.89. The Bertz CT molecular complexity index is 1220. The monoisotopic (exact) mass is 441 g/mol. The highest BCUT2D eigenvalue weighted by molar-refractivity contribution is 7.99. The summed E-state index contributed by atoms with van der Waals surface area (Å²) in [7, 11) is 0. The second-order valence-electron chi connectivity index (χ2n) is 7.22. The number of fused-ring (bicyclic) bond motifs is 1. The number of para-hydroxylation sites is 2. The maximum absolute atomic E-state index is 13.0. The van der Waals surface area contributed by atoms with Crippen LogP contribution >= 0.6 is 11.8 Å². The number of oxazole rings is 1. The number of nitrogens with one attached hydrogen (secondary N) is 1. The molecule has 32 heavy (non-hydrogen) atoms. The van der Waals surface area contributed by atoms with Gasteiger partial charge in [0.25, 0.3) is 5.22 Å². The lowest BCUT2D eigenvalue weighted by Gasteiger charge is -2.28. The van der Waals surface area contributed by atoms with Crippen molar-refractivity contribution in [3.8, 4) is 22.6 Å². The fraction of sp³-hybridized carbons (Fsp3) is 0.0800. The van der Waals surface area contributed by atoms with E-state index in [1.807, 2.05) is 78.9 Å². The van der Waals surface area contributed by atoms with Gasteiger partial charge in [-0.15, -0.1) is 0 Å². The van der Waals surface area contributed by atoms with Crippen molar-refractivity contribution in [2.45, 2.75) is 5.22 Å². The molecule has 0 unspecified atom stereocenters. The van der Waals surface area contributed by atoms with E-state index in [0.717, 1.165) is 16.8 Å². The minimum Gasteiger partial charge on any atom is -0.431 e. The summed E-state index contributed by atoms with van der Waals surface area (Å²) < 4.78 is 6.09. The molecule has 0 saturated carbocycles. The van der Waals surface area contributed by atoms with E-state index >= 15 is 0 Å². The van der Waals surface area contributed by atoms with E-state index in [-0.39, 0.29) is 24.1 Å². The van der Waals surface area contributed by atoms with Crippen molar-refractivity contribution in [1.29, 1.82) is 0 Å². The Kier molecular flexibility index (Phi) is 5.47. The summed E-state index contributed by atoms with van der Waals surface area (Å²) in [4.78, 5) is 31.2. The molecule has 1 N–H and O–H groups in total. The molecule has 0 saturated heterocycles. The summed E-state index contributed by atoms with van der Waals surface area (Å²) >= 11 is 1.22. The predicted octanol–water partition coefficient (Wildman–Crippen LogP) is 5.09. The molecule has 1 aromatic heterocycles. The number of thioether (sulfide) groups is 1. The molecular formula is C25H19N3O3S. The fourth-order valence-electron chi connectivity index (χ4n) is 3.60. The zero-order chi connectivity index (χ0) is 21.9. The highest BCUT2D eigenvalue weighted by Gasteiger charge is 2.27. The highest BCUT2D eigenvalue weighted by atomic mass is 32.2. The zero-order valence-electron chi connectivity index (χ0n) is 17.0. The highest BCUT2D eigenvalue weighted by Crippen LogP contribution is 2.36. The Labute approximate surface area is 189 Å². The van der Waals surface area contributed by atoms with Crippen molar-refractivity contribution >= 4 is 35.0 Å². The van der Waals surface area contributed by atoms with E-state index in [0.29, 0.717) is 22.4 Å². The van der Waals surface area contributed by atoms with Gasteiger partial charge in [-0.25, -0.2) is 4.98 Å². The Morgan fingerprint density at radius 1 is 0.938 bits per heavy atom. The Balaban J connectivity index is 1.40. The van der Waals surface area contributed by atoms with Crippen molar-refractivity contribution < 1.29 is 14.0 Å². The second kappa shape index (κ2) is 8.72. The zero-order valence-corrected chi connectivity index (χ0v) is 17.8. The molecule has 1 aliphatic rings. The molecule has 0 fully saturated rings. The first-order chi connectivity index (χ1) is 15.7. The average molecular weight is 442 g/mol. The van der Waals surface area contributed by atoms with Crippen LogP contribution < -0.4 is 10.2 Å². The minimum atomic E-state index is -0.212. The largest absolute Gasteiger partial charge is 0.431 e. The first-order valence-electron chi connectivity index (χ1n) is 10.1. The number of hydrogen-bond donors (Lipinski definition) is 1. The quantitative estimate of drug-likeness (QED) is 0.437. The number of rotatable bonds is 5.